The predicted octanol–water partition coefficient (Wildman–Crippen LogP) is 3.21. The standard InChI is InChI=1S/C16H20FNO3/c1-3-10-7-12(13(8-10)16(20)21)15(19)18-11-4-5-14(17)9(2)6-11/h4-6,10,12-13H,3,7-8H2,1-2H3,(H,18,19)(H,20,21). The normalized spacial score (nSPS) is 24.8. The molecule has 2 N–H and O–H groups in total. The lowest BCUT2D eigenvalue weighted by Crippen LogP contribution is -2.30. The first-order valence-corrected chi connectivity index (χ1v) is 7.22. The van der Waals surface area contributed by atoms with Crippen LogP contribution in [0.3, 0.4) is 0 Å². The number of anilines is 1. The molecule has 1 aromatic carbocycles. The zero-order chi connectivity index (χ0) is 15.6. The molecule has 0 spiro atoms. The van der Waals surface area contributed by atoms with Crippen LogP contribution in [0.1, 0.15) is 31.7 Å². The first-order valence-electron chi connectivity index (χ1n) is 7.22. The molecule has 1 aliphatic rings. The van der Waals surface area contributed by atoms with Crippen LogP contribution in [0.25, 0.3) is 0 Å². The molecular weight excluding hydrogens is 273 g/mol. The number of amides is 1. The highest BCUT2D eigenvalue weighted by atomic mass is 19.1. The summed E-state index contributed by atoms with van der Waals surface area (Å²) in [4.78, 5) is 23.6. The van der Waals surface area contributed by atoms with Gasteiger partial charge in [0.05, 0.1) is 11.8 Å². The minimum atomic E-state index is -0.915. The van der Waals surface area contributed by atoms with Crippen LogP contribution in [0, 0.1) is 30.5 Å². The molecule has 0 bridgehead atoms. The van der Waals surface area contributed by atoms with Crippen molar-refractivity contribution in [2.45, 2.75) is 33.1 Å². The maximum absolute atomic E-state index is 13.2. The number of aryl methyl sites for hydroxylation is 1. The predicted molar refractivity (Wildman–Crippen MR) is 77.4 cm³/mol. The average molecular weight is 293 g/mol. The van der Waals surface area contributed by atoms with E-state index in [2.05, 4.69) is 5.32 Å². The van der Waals surface area contributed by atoms with E-state index >= 15 is 0 Å². The maximum Gasteiger partial charge on any atom is 0.307 e. The fourth-order valence-corrected chi connectivity index (χ4v) is 3.00. The van der Waals surface area contributed by atoms with E-state index in [9.17, 15) is 19.1 Å². The van der Waals surface area contributed by atoms with E-state index in [4.69, 9.17) is 0 Å². The summed E-state index contributed by atoms with van der Waals surface area (Å²) in [5.74, 6) is -2.40. The number of hydrogen-bond acceptors (Lipinski definition) is 2. The van der Waals surface area contributed by atoms with Crippen LogP contribution in [0.5, 0.6) is 0 Å². The number of nitrogens with one attached hydrogen (secondary N) is 1. The number of carbonyl (C=O) groups is 2. The summed E-state index contributed by atoms with van der Waals surface area (Å²) in [6.07, 6.45) is 2.02. The highest BCUT2D eigenvalue weighted by Gasteiger charge is 2.42. The number of carbonyl (C=O) groups excluding carboxylic acids is 1. The van der Waals surface area contributed by atoms with Gasteiger partial charge in [-0.2, -0.15) is 0 Å². The Balaban J connectivity index is 2.11. The molecular formula is C16H20FNO3. The summed E-state index contributed by atoms with van der Waals surface area (Å²) in [7, 11) is 0. The first-order chi connectivity index (χ1) is 9.92. The Bertz CT molecular complexity index is 558. The maximum atomic E-state index is 13.2. The molecule has 1 fully saturated rings. The van der Waals surface area contributed by atoms with Gasteiger partial charge in [0.25, 0.3) is 0 Å². The Labute approximate surface area is 123 Å². The monoisotopic (exact) mass is 293 g/mol. The lowest BCUT2D eigenvalue weighted by atomic mass is 9.95. The van der Waals surface area contributed by atoms with Crippen molar-refractivity contribution in [3.63, 3.8) is 0 Å². The van der Waals surface area contributed by atoms with E-state index in [0.29, 0.717) is 24.1 Å². The van der Waals surface area contributed by atoms with E-state index in [1.54, 1.807) is 13.0 Å². The zero-order valence-electron chi connectivity index (χ0n) is 12.2. The summed E-state index contributed by atoms with van der Waals surface area (Å²) >= 11 is 0. The van der Waals surface area contributed by atoms with Crippen LogP contribution in [0.4, 0.5) is 10.1 Å². The number of rotatable bonds is 4. The molecule has 3 atom stereocenters. The number of carboxylic acid groups (broad SMARTS) is 1. The lowest BCUT2D eigenvalue weighted by molar-refractivity contribution is -0.145. The fourth-order valence-electron chi connectivity index (χ4n) is 3.00. The number of carboxylic acids is 1. The van der Waals surface area contributed by atoms with Crippen LogP contribution in [0.15, 0.2) is 18.2 Å². The summed E-state index contributed by atoms with van der Waals surface area (Å²) in [6, 6.07) is 4.33. The minimum absolute atomic E-state index is 0.275. The van der Waals surface area contributed by atoms with Crippen LogP contribution < -0.4 is 5.32 Å². The Morgan fingerprint density at radius 2 is 2.00 bits per heavy atom. The second-order valence-corrected chi connectivity index (χ2v) is 5.75. The molecule has 114 valence electrons. The molecule has 0 radical (unpaired) electrons. The van der Waals surface area contributed by atoms with Gasteiger partial charge >= 0.3 is 5.97 Å². The van der Waals surface area contributed by atoms with Crippen molar-refractivity contribution in [1.82, 2.24) is 0 Å². The molecule has 1 aromatic rings. The van der Waals surface area contributed by atoms with Crippen LogP contribution in [0.2, 0.25) is 0 Å². The molecule has 21 heavy (non-hydrogen) atoms. The Morgan fingerprint density at radius 1 is 1.33 bits per heavy atom. The topological polar surface area (TPSA) is 66.4 Å². The van der Waals surface area contributed by atoms with Gasteiger partial charge in [-0.25, -0.2) is 4.39 Å². The first kappa shape index (κ1) is 15.5. The van der Waals surface area contributed by atoms with Gasteiger partial charge in [-0.15, -0.1) is 0 Å². The van der Waals surface area contributed by atoms with Gasteiger partial charge in [0, 0.05) is 5.69 Å². The average Bonchev–Trinajstić information content (AvgIpc) is 2.87. The van der Waals surface area contributed by atoms with E-state index < -0.39 is 17.8 Å². The highest BCUT2D eigenvalue weighted by molar-refractivity contribution is 5.95. The van der Waals surface area contributed by atoms with Gasteiger partial charge in [0.15, 0.2) is 0 Å². The van der Waals surface area contributed by atoms with Crippen molar-refractivity contribution in [2.75, 3.05) is 5.32 Å². The van der Waals surface area contributed by atoms with Crippen LogP contribution in [-0.2, 0) is 9.59 Å². The van der Waals surface area contributed by atoms with E-state index in [-0.39, 0.29) is 17.6 Å². The molecule has 5 heteroatoms. The van der Waals surface area contributed by atoms with Crippen molar-refractivity contribution in [2.24, 2.45) is 17.8 Å². The van der Waals surface area contributed by atoms with Crippen molar-refractivity contribution >= 4 is 17.6 Å². The third-order valence-electron chi connectivity index (χ3n) is 4.32. The van der Waals surface area contributed by atoms with Gasteiger partial charge in [-0.1, -0.05) is 13.3 Å². The molecule has 0 aromatic heterocycles. The van der Waals surface area contributed by atoms with Gasteiger partial charge in [-0.05, 0) is 49.4 Å². The third kappa shape index (κ3) is 3.40. The van der Waals surface area contributed by atoms with Crippen molar-refractivity contribution in [1.29, 1.82) is 0 Å². The van der Waals surface area contributed by atoms with Crippen LogP contribution >= 0.6 is 0 Å². The summed E-state index contributed by atoms with van der Waals surface area (Å²) in [5.41, 5.74) is 0.948. The number of hydrogen-bond donors (Lipinski definition) is 2. The summed E-state index contributed by atoms with van der Waals surface area (Å²) in [5, 5.41) is 12.0. The van der Waals surface area contributed by atoms with Gasteiger partial charge in [0.2, 0.25) is 5.91 Å². The zero-order valence-corrected chi connectivity index (χ0v) is 12.2. The number of halogens is 1. The molecule has 0 heterocycles. The highest BCUT2D eigenvalue weighted by Crippen LogP contribution is 2.39. The van der Waals surface area contributed by atoms with Gasteiger partial charge < -0.3 is 10.4 Å². The fraction of sp³-hybridized carbons (Fsp3) is 0.500. The van der Waals surface area contributed by atoms with Crippen molar-refractivity contribution in [3.05, 3.63) is 29.6 Å². The Morgan fingerprint density at radius 3 is 2.57 bits per heavy atom. The van der Waals surface area contributed by atoms with Gasteiger partial charge in [0.1, 0.15) is 5.82 Å². The number of aliphatic carboxylic acids is 1. The van der Waals surface area contributed by atoms with E-state index in [0.717, 1.165) is 6.42 Å². The SMILES string of the molecule is CCC1CC(C(=O)O)C(C(=O)Nc2ccc(F)c(C)c2)C1. The molecule has 3 unspecified atom stereocenters. The molecule has 2 rings (SSSR count). The molecule has 1 aliphatic carbocycles. The second-order valence-electron chi connectivity index (χ2n) is 5.75. The van der Waals surface area contributed by atoms with Gasteiger partial charge in [-0.3, -0.25) is 9.59 Å². The Kier molecular flexibility index (Phi) is 4.60. The van der Waals surface area contributed by atoms with Crippen molar-refractivity contribution in [3.8, 4) is 0 Å². The summed E-state index contributed by atoms with van der Waals surface area (Å²) in [6.45, 7) is 3.63. The van der Waals surface area contributed by atoms with Crippen LogP contribution in [-0.4, -0.2) is 17.0 Å². The Hall–Kier alpha value is -1.91. The second kappa shape index (κ2) is 6.24. The molecule has 1 saturated carbocycles. The van der Waals surface area contributed by atoms with E-state index in [1.165, 1.54) is 12.1 Å². The quantitative estimate of drug-likeness (QED) is 0.895. The largest absolute Gasteiger partial charge is 0.481 e. The lowest BCUT2D eigenvalue weighted by Gasteiger charge is -2.15. The van der Waals surface area contributed by atoms with Crippen molar-refractivity contribution < 1.29 is 19.1 Å². The molecule has 1 amide bonds. The smallest absolute Gasteiger partial charge is 0.307 e. The molecule has 0 saturated heterocycles. The summed E-state index contributed by atoms with van der Waals surface area (Å²) < 4.78 is 13.2. The third-order valence-corrected chi connectivity index (χ3v) is 4.32. The molecule has 4 nitrogen and oxygen atoms in total. The van der Waals surface area contributed by atoms with E-state index in [1.807, 2.05) is 6.92 Å². The number of benzene rings is 1. The molecule has 0 aliphatic heterocycles. The minimum Gasteiger partial charge on any atom is -0.481 e.